The van der Waals surface area contributed by atoms with Crippen LogP contribution in [0, 0.1) is 0 Å². The number of carbonyl (C=O) groups excluding carboxylic acids is 1. The fourth-order valence-corrected chi connectivity index (χ4v) is 1.70. The van der Waals surface area contributed by atoms with Crippen molar-refractivity contribution in [3.8, 4) is 0 Å². The van der Waals surface area contributed by atoms with E-state index < -0.39 is 0 Å². The zero-order valence-electron chi connectivity index (χ0n) is 10.9. The van der Waals surface area contributed by atoms with Gasteiger partial charge in [0.2, 0.25) is 0 Å². The summed E-state index contributed by atoms with van der Waals surface area (Å²) >= 11 is 0. The van der Waals surface area contributed by atoms with Crippen LogP contribution in [-0.4, -0.2) is 28.3 Å². The Morgan fingerprint density at radius 3 is 2.84 bits per heavy atom. The second-order valence-corrected chi connectivity index (χ2v) is 4.52. The van der Waals surface area contributed by atoms with Crippen LogP contribution in [-0.2, 0) is 6.54 Å². The Labute approximate surface area is 112 Å². The Morgan fingerprint density at radius 2 is 2.16 bits per heavy atom. The van der Waals surface area contributed by atoms with E-state index >= 15 is 0 Å². The van der Waals surface area contributed by atoms with Crippen molar-refractivity contribution in [2.45, 2.75) is 19.5 Å². The molecule has 3 N–H and O–H groups in total. The highest BCUT2D eigenvalue weighted by Crippen LogP contribution is 2.04. The molecule has 1 atom stereocenters. The zero-order chi connectivity index (χ0) is 13.7. The summed E-state index contributed by atoms with van der Waals surface area (Å²) in [6, 6.07) is 9.95. The van der Waals surface area contributed by atoms with E-state index in [1.54, 1.807) is 17.1 Å². The van der Waals surface area contributed by atoms with E-state index in [0.717, 1.165) is 5.56 Å². The largest absolute Gasteiger partial charge is 0.348 e. The topological polar surface area (TPSA) is 72.9 Å². The zero-order valence-corrected chi connectivity index (χ0v) is 10.9. The molecule has 5 nitrogen and oxygen atoms in total. The maximum Gasteiger partial charge on any atom is 0.254 e. The fourth-order valence-electron chi connectivity index (χ4n) is 1.70. The Balaban J connectivity index is 2.01. The lowest BCUT2D eigenvalue weighted by atomic mass is 10.2. The van der Waals surface area contributed by atoms with Gasteiger partial charge in [-0.15, -0.1) is 0 Å². The van der Waals surface area contributed by atoms with E-state index in [1.165, 1.54) is 0 Å². The van der Waals surface area contributed by atoms with Crippen LogP contribution in [0.2, 0.25) is 0 Å². The van der Waals surface area contributed by atoms with Gasteiger partial charge in [0.05, 0.1) is 18.3 Å². The van der Waals surface area contributed by atoms with Gasteiger partial charge in [-0.3, -0.25) is 9.48 Å². The minimum Gasteiger partial charge on any atom is -0.348 e. The van der Waals surface area contributed by atoms with Crippen LogP contribution in [0.1, 0.15) is 22.8 Å². The van der Waals surface area contributed by atoms with Gasteiger partial charge in [0, 0.05) is 18.8 Å². The molecule has 0 aliphatic carbocycles. The number of nitrogens with one attached hydrogen (secondary N) is 1. The average Bonchev–Trinajstić information content (AvgIpc) is 2.88. The first-order valence-corrected chi connectivity index (χ1v) is 6.26. The van der Waals surface area contributed by atoms with Crippen LogP contribution in [0.3, 0.4) is 0 Å². The minimum absolute atomic E-state index is 0.0371. The fraction of sp³-hybridized carbons (Fsp3) is 0.286. The monoisotopic (exact) mass is 258 g/mol. The Bertz CT molecular complexity index is 535. The van der Waals surface area contributed by atoms with Gasteiger partial charge in [0.1, 0.15) is 0 Å². The van der Waals surface area contributed by atoms with Crippen molar-refractivity contribution >= 4 is 5.91 Å². The van der Waals surface area contributed by atoms with Crippen molar-refractivity contribution in [2.24, 2.45) is 5.73 Å². The van der Waals surface area contributed by atoms with Gasteiger partial charge < -0.3 is 11.1 Å². The third-order valence-corrected chi connectivity index (χ3v) is 2.81. The van der Waals surface area contributed by atoms with E-state index in [1.807, 2.05) is 37.3 Å². The van der Waals surface area contributed by atoms with Crippen LogP contribution in [0.4, 0.5) is 0 Å². The second kappa shape index (κ2) is 6.15. The summed E-state index contributed by atoms with van der Waals surface area (Å²) in [7, 11) is 0. The lowest BCUT2D eigenvalue weighted by Gasteiger charge is -2.09. The summed E-state index contributed by atoms with van der Waals surface area (Å²) in [6.07, 6.45) is 3.31. The van der Waals surface area contributed by atoms with E-state index in [0.29, 0.717) is 18.7 Å². The summed E-state index contributed by atoms with van der Waals surface area (Å²) in [6.45, 7) is 2.94. The normalized spacial score (nSPS) is 12.1. The maximum absolute atomic E-state index is 11.9. The number of nitrogens with zero attached hydrogens (tertiary/aromatic N) is 2. The highest BCUT2D eigenvalue weighted by molar-refractivity contribution is 5.93. The Kier molecular flexibility index (Phi) is 4.30. The van der Waals surface area contributed by atoms with E-state index in [-0.39, 0.29) is 11.9 Å². The van der Waals surface area contributed by atoms with Crippen LogP contribution in [0.5, 0.6) is 0 Å². The number of hydrogen-bond acceptors (Lipinski definition) is 3. The molecule has 0 aliphatic rings. The standard InChI is InChI=1S/C14H18N4O/c1-11(7-15)17-14(19)13-8-16-18(10-13)9-12-5-3-2-4-6-12/h2-6,8,10-11H,7,9,15H2,1H3,(H,17,19)/t11-/m0/s1. The molecular weight excluding hydrogens is 240 g/mol. The van der Waals surface area contributed by atoms with Crippen LogP contribution >= 0.6 is 0 Å². The van der Waals surface area contributed by atoms with Gasteiger partial charge >= 0.3 is 0 Å². The summed E-state index contributed by atoms with van der Waals surface area (Å²) in [4.78, 5) is 11.9. The molecule has 0 fully saturated rings. The molecule has 2 rings (SSSR count). The molecule has 0 bridgehead atoms. The lowest BCUT2D eigenvalue weighted by Crippen LogP contribution is -2.37. The molecule has 0 saturated carbocycles. The summed E-state index contributed by atoms with van der Waals surface area (Å²) in [5.74, 6) is -0.141. The van der Waals surface area contributed by atoms with Crippen molar-refractivity contribution in [1.29, 1.82) is 0 Å². The number of amides is 1. The molecule has 1 aromatic heterocycles. The van der Waals surface area contributed by atoms with Gasteiger partial charge in [0.25, 0.3) is 5.91 Å². The SMILES string of the molecule is C[C@@H](CN)NC(=O)c1cnn(Cc2ccccc2)c1. The molecule has 0 saturated heterocycles. The smallest absolute Gasteiger partial charge is 0.254 e. The second-order valence-electron chi connectivity index (χ2n) is 4.52. The number of rotatable bonds is 5. The first kappa shape index (κ1) is 13.3. The molecule has 0 radical (unpaired) electrons. The highest BCUT2D eigenvalue weighted by Gasteiger charge is 2.10. The summed E-state index contributed by atoms with van der Waals surface area (Å²) in [5.41, 5.74) is 7.17. The van der Waals surface area contributed by atoms with Crippen molar-refractivity contribution < 1.29 is 4.79 Å². The lowest BCUT2D eigenvalue weighted by molar-refractivity contribution is 0.0941. The molecular formula is C14H18N4O. The van der Waals surface area contributed by atoms with Gasteiger partial charge in [-0.2, -0.15) is 5.10 Å². The quantitative estimate of drug-likeness (QED) is 0.840. The van der Waals surface area contributed by atoms with Gasteiger partial charge in [0.15, 0.2) is 0 Å². The third-order valence-electron chi connectivity index (χ3n) is 2.81. The molecule has 1 aromatic carbocycles. The van der Waals surface area contributed by atoms with Crippen molar-refractivity contribution in [3.05, 3.63) is 53.9 Å². The van der Waals surface area contributed by atoms with Crippen molar-refractivity contribution in [2.75, 3.05) is 6.54 Å². The van der Waals surface area contributed by atoms with E-state index in [9.17, 15) is 4.79 Å². The molecule has 1 amide bonds. The summed E-state index contributed by atoms with van der Waals surface area (Å²) in [5, 5.41) is 7.00. The first-order valence-electron chi connectivity index (χ1n) is 6.26. The first-order chi connectivity index (χ1) is 9.19. The van der Waals surface area contributed by atoms with Gasteiger partial charge in [-0.05, 0) is 12.5 Å². The predicted molar refractivity (Wildman–Crippen MR) is 73.8 cm³/mol. The molecule has 100 valence electrons. The number of carbonyl (C=O) groups is 1. The minimum atomic E-state index is -0.141. The van der Waals surface area contributed by atoms with E-state index in [2.05, 4.69) is 10.4 Å². The molecule has 1 heterocycles. The number of benzene rings is 1. The van der Waals surface area contributed by atoms with Crippen LogP contribution in [0.15, 0.2) is 42.7 Å². The number of hydrogen-bond donors (Lipinski definition) is 2. The van der Waals surface area contributed by atoms with Crippen molar-refractivity contribution in [1.82, 2.24) is 15.1 Å². The molecule has 0 unspecified atom stereocenters. The molecule has 19 heavy (non-hydrogen) atoms. The van der Waals surface area contributed by atoms with Gasteiger partial charge in [-0.1, -0.05) is 30.3 Å². The molecule has 5 heteroatoms. The van der Waals surface area contributed by atoms with Crippen LogP contribution < -0.4 is 11.1 Å². The van der Waals surface area contributed by atoms with Crippen LogP contribution in [0.25, 0.3) is 0 Å². The highest BCUT2D eigenvalue weighted by atomic mass is 16.1. The van der Waals surface area contributed by atoms with E-state index in [4.69, 9.17) is 5.73 Å². The van der Waals surface area contributed by atoms with Gasteiger partial charge in [-0.25, -0.2) is 0 Å². The van der Waals surface area contributed by atoms with Crippen molar-refractivity contribution in [3.63, 3.8) is 0 Å². The Hall–Kier alpha value is -2.14. The average molecular weight is 258 g/mol. The third kappa shape index (κ3) is 3.66. The molecule has 0 aliphatic heterocycles. The molecule has 0 spiro atoms. The number of aromatic nitrogens is 2. The summed E-state index contributed by atoms with van der Waals surface area (Å²) < 4.78 is 1.75. The molecule has 2 aromatic rings. The Morgan fingerprint density at radius 1 is 1.42 bits per heavy atom. The predicted octanol–water partition coefficient (Wildman–Crippen LogP) is 1.01. The number of nitrogens with two attached hydrogens (primary N) is 1. The maximum atomic E-state index is 11.9.